The lowest BCUT2D eigenvalue weighted by Gasteiger charge is -2.14. The zero-order valence-corrected chi connectivity index (χ0v) is 21.3. The molecule has 0 saturated carbocycles. The van der Waals surface area contributed by atoms with Gasteiger partial charge in [-0.05, 0) is 55.3 Å². The van der Waals surface area contributed by atoms with Crippen LogP contribution in [-0.4, -0.2) is 46.9 Å². The van der Waals surface area contributed by atoms with E-state index < -0.39 is 33.9 Å². The van der Waals surface area contributed by atoms with Gasteiger partial charge in [0.25, 0.3) is 10.0 Å². The van der Waals surface area contributed by atoms with E-state index >= 15 is 0 Å². The normalized spacial score (nSPS) is 16.3. The highest BCUT2D eigenvalue weighted by Gasteiger charge is 2.35. The van der Waals surface area contributed by atoms with Gasteiger partial charge in [-0.2, -0.15) is 18.3 Å². The van der Waals surface area contributed by atoms with Gasteiger partial charge in [0.05, 0.1) is 21.6 Å². The van der Waals surface area contributed by atoms with Gasteiger partial charge in [0.15, 0.2) is 17.9 Å². The lowest BCUT2D eigenvalue weighted by Crippen LogP contribution is -2.31. The summed E-state index contributed by atoms with van der Waals surface area (Å²) in [5.41, 5.74) is 0.748. The smallest absolute Gasteiger partial charge is 0.435 e. The van der Waals surface area contributed by atoms with E-state index in [0.29, 0.717) is 24.9 Å². The molecule has 1 aliphatic rings. The number of sulfonamides is 1. The van der Waals surface area contributed by atoms with E-state index in [0.717, 1.165) is 16.3 Å². The van der Waals surface area contributed by atoms with E-state index in [9.17, 15) is 26.4 Å². The Morgan fingerprint density at radius 2 is 1.87 bits per heavy atom. The maximum absolute atomic E-state index is 13.4. The molecule has 0 aliphatic carbocycles. The number of aliphatic carboxylic acids is 1. The zero-order valence-electron chi connectivity index (χ0n) is 19.7. The summed E-state index contributed by atoms with van der Waals surface area (Å²) in [5, 5.41) is 21.0. The molecule has 2 aromatic carbocycles. The molecule has 0 amide bonds. The molecular formula is C22H21F3N6O5S2. The maximum atomic E-state index is 13.4. The largest absolute Gasteiger partial charge is 0.480 e. The molecule has 2 heterocycles. The summed E-state index contributed by atoms with van der Waals surface area (Å²) in [6.45, 7) is 2.23. The van der Waals surface area contributed by atoms with E-state index in [1.807, 2.05) is 6.92 Å². The molecule has 1 atom stereocenters. The molecule has 2 N–H and O–H groups in total. The highest BCUT2D eigenvalue weighted by atomic mass is 32.3. The fourth-order valence-electron chi connectivity index (χ4n) is 3.71. The summed E-state index contributed by atoms with van der Waals surface area (Å²) in [6.07, 6.45) is -3.64. The number of hydrogen-bond acceptors (Lipinski definition) is 8. The van der Waals surface area contributed by atoms with Crippen LogP contribution in [0.1, 0.15) is 24.1 Å². The molecule has 1 aliphatic heterocycles. The van der Waals surface area contributed by atoms with Crippen LogP contribution in [0.4, 0.5) is 13.2 Å². The van der Waals surface area contributed by atoms with Gasteiger partial charge in [-0.15, -0.1) is 4.13 Å². The van der Waals surface area contributed by atoms with Gasteiger partial charge >= 0.3 is 12.1 Å². The van der Waals surface area contributed by atoms with E-state index in [1.54, 1.807) is 24.3 Å². The topological polar surface area (TPSA) is 138 Å². The SMILES string of the molecule is Cc1ccc(-c2cc(C(F)(F)F)nn2-c2ccc(S(=O)(=O)NSO/N=N/N3CCCC3C(=O)O)cc2)cc1. The maximum Gasteiger partial charge on any atom is 0.435 e. The van der Waals surface area contributed by atoms with E-state index in [-0.39, 0.29) is 28.5 Å². The summed E-state index contributed by atoms with van der Waals surface area (Å²) >= 11 is 0.240. The van der Waals surface area contributed by atoms with Crippen LogP contribution < -0.4 is 4.13 Å². The molecule has 0 spiro atoms. The first kappa shape index (κ1) is 27.4. The van der Waals surface area contributed by atoms with Crippen LogP contribution in [0.5, 0.6) is 0 Å². The van der Waals surface area contributed by atoms with Gasteiger partial charge in [0.2, 0.25) is 0 Å². The van der Waals surface area contributed by atoms with Crippen LogP contribution >= 0.6 is 12.2 Å². The number of nitrogens with one attached hydrogen (secondary N) is 1. The van der Waals surface area contributed by atoms with Gasteiger partial charge in [0, 0.05) is 12.1 Å². The molecule has 11 nitrogen and oxygen atoms in total. The van der Waals surface area contributed by atoms with Gasteiger partial charge in [-0.1, -0.05) is 29.8 Å². The highest BCUT2D eigenvalue weighted by Crippen LogP contribution is 2.33. The van der Waals surface area contributed by atoms with Gasteiger partial charge < -0.3 is 5.11 Å². The van der Waals surface area contributed by atoms with Gasteiger partial charge in [-0.3, -0.25) is 9.29 Å². The van der Waals surface area contributed by atoms with Crippen molar-refractivity contribution in [2.24, 2.45) is 10.5 Å². The predicted octanol–water partition coefficient (Wildman–Crippen LogP) is 4.56. The second-order valence-electron chi connectivity index (χ2n) is 8.26. The molecular weight excluding hydrogens is 549 g/mol. The van der Waals surface area contributed by atoms with Crippen LogP contribution in [0.15, 0.2) is 70.0 Å². The Morgan fingerprint density at radius 3 is 2.50 bits per heavy atom. The van der Waals surface area contributed by atoms with Crippen molar-refractivity contribution in [2.45, 2.75) is 36.9 Å². The predicted molar refractivity (Wildman–Crippen MR) is 130 cm³/mol. The summed E-state index contributed by atoms with van der Waals surface area (Å²) < 4.78 is 73.2. The number of halogens is 3. The van der Waals surface area contributed by atoms with Gasteiger partial charge in [-0.25, -0.2) is 17.9 Å². The molecule has 38 heavy (non-hydrogen) atoms. The monoisotopic (exact) mass is 570 g/mol. The van der Waals surface area contributed by atoms with Crippen molar-refractivity contribution in [2.75, 3.05) is 6.54 Å². The molecule has 1 saturated heterocycles. The Morgan fingerprint density at radius 1 is 1.18 bits per heavy atom. The number of alkyl halides is 3. The molecule has 3 aromatic rings. The number of carbonyl (C=O) groups is 1. The second-order valence-corrected chi connectivity index (χ2v) is 10.7. The number of carboxylic acid groups (broad SMARTS) is 1. The molecule has 0 bridgehead atoms. The average molecular weight is 571 g/mol. The minimum Gasteiger partial charge on any atom is -0.480 e. The Balaban J connectivity index is 1.47. The first-order chi connectivity index (χ1) is 18.0. The number of aromatic nitrogens is 2. The Labute approximate surface area is 219 Å². The van der Waals surface area contributed by atoms with Crippen molar-refractivity contribution in [3.63, 3.8) is 0 Å². The van der Waals surface area contributed by atoms with E-state index in [2.05, 4.69) is 19.7 Å². The quantitative estimate of drug-likeness (QED) is 0.126. The third kappa shape index (κ3) is 6.25. The molecule has 1 fully saturated rings. The third-order valence-corrected chi connectivity index (χ3v) is 7.80. The number of nitrogens with zero attached hydrogens (tertiary/aromatic N) is 5. The van der Waals surface area contributed by atoms with Crippen LogP contribution in [0, 0.1) is 6.92 Å². The first-order valence-electron chi connectivity index (χ1n) is 11.1. The molecule has 4 rings (SSSR count). The fraction of sp³-hybridized carbons (Fsp3) is 0.273. The molecule has 1 aromatic heterocycles. The van der Waals surface area contributed by atoms with Crippen LogP contribution in [0.25, 0.3) is 16.9 Å². The lowest BCUT2D eigenvalue weighted by atomic mass is 10.1. The molecule has 202 valence electrons. The zero-order chi connectivity index (χ0) is 27.5. The summed E-state index contributed by atoms with van der Waals surface area (Å²) in [4.78, 5) is 10.9. The average Bonchev–Trinajstić information content (AvgIpc) is 3.52. The van der Waals surface area contributed by atoms with Crippen molar-refractivity contribution in [1.29, 1.82) is 0 Å². The molecule has 16 heteroatoms. The van der Waals surface area contributed by atoms with E-state index in [4.69, 9.17) is 9.39 Å². The van der Waals surface area contributed by atoms with Gasteiger partial charge in [0.1, 0.15) is 6.04 Å². The number of rotatable bonds is 9. The summed E-state index contributed by atoms with van der Waals surface area (Å²) in [7, 11) is -4.10. The molecule has 1 unspecified atom stereocenters. The van der Waals surface area contributed by atoms with Crippen LogP contribution in [0.2, 0.25) is 0 Å². The van der Waals surface area contributed by atoms with Crippen LogP contribution in [0.3, 0.4) is 0 Å². The highest BCUT2D eigenvalue weighted by molar-refractivity contribution is 8.06. The second kappa shape index (κ2) is 11.0. The number of carboxylic acids is 1. The Bertz CT molecular complexity index is 1430. The van der Waals surface area contributed by atoms with E-state index in [1.165, 1.54) is 29.3 Å². The van der Waals surface area contributed by atoms with Crippen molar-refractivity contribution >= 4 is 28.2 Å². The Hall–Kier alpha value is -3.63. The standard InChI is InChI=1S/C22H21F3N6O5S2/c1-14-4-6-15(7-5-14)19-13-20(22(23,24)25)26-31(19)16-8-10-17(11-9-16)38(34,35)29-37-36-28-27-30-12-2-3-18(30)21(32)33/h4-11,13,18,29H,2-3,12H2,1H3,(H,32,33)/b28-27+. The van der Waals surface area contributed by atoms with Crippen molar-refractivity contribution in [3.8, 4) is 16.9 Å². The number of benzene rings is 2. The summed E-state index contributed by atoms with van der Waals surface area (Å²) in [5.74, 6) is -1.05. The van der Waals surface area contributed by atoms with Crippen molar-refractivity contribution in [1.82, 2.24) is 18.9 Å². The lowest BCUT2D eigenvalue weighted by molar-refractivity contribution is -0.142. The van der Waals surface area contributed by atoms with Crippen molar-refractivity contribution < 1.29 is 35.8 Å². The Kier molecular flexibility index (Phi) is 7.94. The third-order valence-electron chi connectivity index (χ3n) is 5.61. The minimum absolute atomic E-state index is 0.184. The van der Waals surface area contributed by atoms with Crippen LogP contribution in [-0.2, 0) is 25.3 Å². The van der Waals surface area contributed by atoms with Crippen molar-refractivity contribution in [3.05, 3.63) is 65.9 Å². The molecule has 0 radical (unpaired) electrons. The number of hydrogen-bond donors (Lipinski definition) is 2. The summed E-state index contributed by atoms with van der Waals surface area (Å²) in [6, 6.07) is 12.0. The number of aryl methyl sites for hydroxylation is 1. The minimum atomic E-state index is -4.67. The first-order valence-corrected chi connectivity index (χ1v) is 13.3. The fourth-order valence-corrected chi connectivity index (χ4v) is 5.13.